The number of hydrogen-bond acceptors (Lipinski definition) is 3. The van der Waals surface area contributed by atoms with Crippen molar-refractivity contribution in [3.8, 4) is 0 Å². The molecular weight excluding hydrogens is 257 g/mol. The summed E-state index contributed by atoms with van der Waals surface area (Å²) in [5.41, 5.74) is 0. The largest absolute Gasteiger partial charge is 0.349 e. The van der Waals surface area contributed by atoms with Gasteiger partial charge < -0.3 is 4.98 Å². The molecule has 18 heavy (non-hydrogen) atoms. The minimum atomic E-state index is -3.67. The van der Waals surface area contributed by atoms with Gasteiger partial charge in [-0.15, -0.1) is 0 Å². The number of halogens is 1. The third kappa shape index (κ3) is 3.14. The molecule has 2 N–H and O–H groups in total. The van der Waals surface area contributed by atoms with E-state index in [-0.39, 0.29) is 11.4 Å². The van der Waals surface area contributed by atoms with E-state index in [0.717, 1.165) is 6.07 Å². The van der Waals surface area contributed by atoms with Crippen molar-refractivity contribution in [3.05, 3.63) is 48.3 Å². The lowest BCUT2D eigenvalue weighted by Gasteiger charge is -2.05. The normalized spacial score (nSPS) is 11.6. The van der Waals surface area contributed by atoms with E-state index in [1.165, 1.54) is 18.2 Å². The van der Waals surface area contributed by atoms with Crippen molar-refractivity contribution < 1.29 is 12.8 Å². The maximum atomic E-state index is 12.9. The number of benzene rings is 1. The first-order valence-electron chi connectivity index (χ1n) is 5.31. The number of aromatic amines is 1. The maximum absolute atomic E-state index is 12.9. The number of sulfonamides is 1. The molecule has 0 atom stereocenters. The molecule has 1 aromatic heterocycles. The highest BCUT2D eigenvalue weighted by Gasteiger charge is 2.13. The highest BCUT2D eigenvalue weighted by molar-refractivity contribution is 7.89. The molecule has 0 aliphatic rings. The second-order valence-corrected chi connectivity index (χ2v) is 5.41. The van der Waals surface area contributed by atoms with Crippen LogP contribution >= 0.6 is 0 Å². The van der Waals surface area contributed by atoms with Crippen molar-refractivity contribution in [2.45, 2.75) is 11.3 Å². The van der Waals surface area contributed by atoms with Crippen LogP contribution in [-0.2, 0) is 16.4 Å². The van der Waals surface area contributed by atoms with E-state index in [4.69, 9.17) is 0 Å². The van der Waals surface area contributed by atoms with Crippen molar-refractivity contribution in [3.63, 3.8) is 0 Å². The average molecular weight is 269 g/mol. The van der Waals surface area contributed by atoms with Crippen LogP contribution in [0.4, 0.5) is 4.39 Å². The summed E-state index contributed by atoms with van der Waals surface area (Å²) in [6, 6.07) is 4.88. The Morgan fingerprint density at radius 1 is 1.39 bits per heavy atom. The quantitative estimate of drug-likeness (QED) is 0.852. The van der Waals surface area contributed by atoms with Crippen molar-refractivity contribution >= 4 is 10.0 Å². The Hall–Kier alpha value is -1.73. The summed E-state index contributed by atoms with van der Waals surface area (Å²) in [6.45, 7) is 0.201. The molecule has 0 saturated carbocycles. The van der Waals surface area contributed by atoms with Crippen LogP contribution in [0.5, 0.6) is 0 Å². The van der Waals surface area contributed by atoms with Crippen molar-refractivity contribution in [2.24, 2.45) is 0 Å². The van der Waals surface area contributed by atoms with Crippen LogP contribution in [-0.4, -0.2) is 24.9 Å². The van der Waals surface area contributed by atoms with Crippen LogP contribution < -0.4 is 4.72 Å². The Balaban J connectivity index is 1.99. The van der Waals surface area contributed by atoms with Crippen LogP contribution in [0.3, 0.4) is 0 Å². The van der Waals surface area contributed by atoms with Gasteiger partial charge in [0.05, 0.1) is 4.90 Å². The Kier molecular flexibility index (Phi) is 3.73. The fraction of sp³-hybridized carbons (Fsp3) is 0.182. The monoisotopic (exact) mass is 269 g/mol. The lowest BCUT2D eigenvalue weighted by molar-refractivity contribution is 0.577. The zero-order valence-electron chi connectivity index (χ0n) is 9.43. The lowest BCUT2D eigenvalue weighted by Crippen LogP contribution is -2.26. The summed E-state index contributed by atoms with van der Waals surface area (Å²) in [5.74, 6) is 0.112. The van der Waals surface area contributed by atoms with Gasteiger partial charge in [-0.05, 0) is 18.2 Å². The number of rotatable bonds is 5. The predicted octanol–water partition coefficient (Wildman–Crippen LogP) is 1.07. The van der Waals surface area contributed by atoms with Crippen LogP contribution in [0, 0.1) is 5.82 Å². The molecule has 0 bridgehead atoms. The second kappa shape index (κ2) is 5.28. The van der Waals surface area contributed by atoms with E-state index < -0.39 is 15.8 Å². The Bertz CT molecular complexity index is 611. The molecule has 5 nitrogen and oxygen atoms in total. The second-order valence-electron chi connectivity index (χ2n) is 3.64. The number of aromatic nitrogens is 2. The first-order valence-corrected chi connectivity index (χ1v) is 6.80. The molecule has 96 valence electrons. The summed E-state index contributed by atoms with van der Waals surface area (Å²) in [7, 11) is -3.67. The zero-order chi connectivity index (χ0) is 13.0. The predicted molar refractivity (Wildman–Crippen MR) is 63.9 cm³/mol. The Morgan fingerprint density at radius 3 is 2.89 bits per heavy atom. The van der Waals surface area contributed by atoms with Gasteiger partial charge >= 0.3 is 0 Å². The number of hydrogen-bond donors (Lipinski definition) is 2. The highest BCUT2D eigenvalue weighted by Crippen LogP contribution is 2.09. The van der Waals surface area contributed by atoms with Gasteiger partial charge in [-0.3, -0.25) is 0 Å². The van der Waals surface area contributed by atoms with Crippen LogP contribution in [0.2, 0.25) is 0 Å². The molecule has 0 unspecified atom stereocenters. The Morgan fingerprint density at radius 2 is 2.22 bits per heavy atom. The highest BCUT2D eigenvalue weighted by atomic mass is 32.2. The first-order chi connectivity index (χ1) is 8.58. The molecule has 2 rings (SSSR count). The standard InChI is InChI=1S/C11H12FN3O2S/c12-9-2-1-3-10(8-9)18(16,17)15-5-4-11-13-6-7-14-11/h1-3,6-8,15H,4-5H2,(H,13,14). The number of H-pyrrole nitrogens is 1. The fourth-order valence-corrected chi connectivity index (χ4v) is 2.52. The third-order valence-corrected chi connectivity index (χ3v) is 3.77. The molecule has 1 heterocycles. The maximum Gasteiger partial charge on any atom is 0.240 e. The fourth-order valence-electron chi connectivity index (χ4n) is 1.46. The summed E-state index contributed by atoms with van der Waals surface area (Å²) in [6.07, 6.45) is 3.70. The van der Waals surface area contributed by atoms with Crippen LogP contribution in [0.15, 0.2) is 41.6 Å². The summed E-state index contributed by atoms with van der Waals surface area (Å²) in [4.78, 5) is 6.76. The van der Waals surface area contributed by atoms with Gasteiger partial charge in [0.15, 0.2) is 0 Å². The molecule has 0 radical (unpaired) electrons. The van der Waals surface area contributed by atoms with Crippen molar-refractivity contribution in [2.75, 3.05) is 6.54 Å². The number of nitrogens with zero attached hydrogens (tertiary/aromatic N) is 1. The number of nitrogens with one attached hydrogen (secondary N) is 2. The smallest absolute Gasteiger partial charge is 0.240 e. The third-order valence-electron chi connectivity index (χ3n) is 2.32. The average Bonchev–Trinajstić information content (AvgIpc) is 2.82. The van der Waals surface area contributed by atoms with Gasteiger partial charge in [0.2, 0.25) is 10.0 Å². The number of imidazole rings is 1. The molecule has 0 spiro atoms. The molecule has 0 aliphatic heterocycles. The van der Waals surface area contributed by atoms with Crippen molar-refractivity contribution in [1.29, 1.82) is 0 Å². The zero-order valence-corrected chi connectivity index (χ0v) is 10.2. The van der Waals surface area contributed by atoms with E-state index in [9.17, 15) is 12.8 Å². The van der Waals surface area contributed by atoms with E-state index in [1.807, 2.05) is 0 Å². The molecule has 0 saturated heterocycles. The first kappa shape index (κ1) is 12.7. The van der Waals surface area contributed by atoms with Gasteiger partial charge in [-0.2, -0.15) is 0 Å². The molecule has 1 aromatic carbocycles. The van der Waals surface area contributed by atoms with Crippen molar-refractivity contribution in [1.82, 2.24) is 14.7 Å². The van der Waals surface area contributed by atoms with E-state index in [2.05, 4.69) is 14.7 Å². The molecule has 0 amide bonds. The van der Waals surface area contributed by atoms with E-state index >= 15 is 0 Å². The van der Waals surface area contributed by atoms with Gasteiger partial charge in [-0.1, -0.05) is 6.07 Å². The molecule has 0 fully saturated rings. The van der Waals surface area contributed by atoms with Gasteiger partial charge in [0, 0.05) is 25.4 Å². The minimum absolute atomic E-state index is 0.0815. The summed E-state index contributed by atoms with van der Waals surface area (Å²) >= 11 is 0. The van der Waals surface area contributed by atoms with E-state index in [1.54, 1.807) is 12.4 Å². The molecule has 2 aromatic rings. The summed E-state index contributed by atoms with van der Waals surface area (Å²) < 4.78 is 38.9. The van der Waals surface area contributed by atoms with Gasteiger partial charge in [0.25, 0.3) is 0 Å². The summed E-state index contributed by atoms with van der Waals surface area (Å²) in [5, 5.41) is 0. The Labute approximate surface area is 104 Å². The minimum Gasteiger partial charge on any atom is -0.349 e. The SMILES string of the molecule is O=S(=O)(NCCc1ncc[nH]1)c1cccc(F)c1. The van der Waals surface area contributed by atoms with Crippen LogP contribution in [0.1, 0.15) is 5.82 Å². The lowest BCUT2D eigenvalue weighted by atomic mass is 10.4. The molecule has 7 heteroatoms. The van der Waals surface area contributed by atoms with Crippen LogP contribution in [0.25, 0.3) is 0 Å². The van der Waals surface area contributed by atoms with E-state index in [0.29, 0.717) is 12.2 Å². The molecule has 0 aliphatic carbocycles. The topological polar surface area (TPSA) is 74.8 Å². The molecular formula is C11H12FN3O2S. The van der Waals surface area contributed by atoms with Gasteiger partial charge in [-0.25, -0.2) is 22.5 Å². The van der Waals surface area contributed by atoms with Gasteiger partial charge in [0.1, 0.15) is 11.6 Å².